The van der Waals surface area contributed by atoms with Gasteiger partial charge in [0.1, 0.15) is 19.0 Å². The van der Waals surface area contributed by atoms with E-state index in [0.29, 0.717) is 43.8 Å². The molecule has 2 aromatic carbocycles. The van der Waals surface area contributed by atoms with Gasteiger partial charge in [0.05, 0.1) is 19.8 Å². The SMILES string of the molecule is COc1ccc(C(=O)CCCCCCC(=O)N[C@@H](CO)Cc2ccc3c(c2)OCCO3)cc1. The summed E-state index contributed by atoms with van der Waals surface area (Å²) in [4.78, 5) is 24.5. The summed E-state index contributed by atoms with van der Waals surface area (Å²) in [5, 5.41) is 12.6. The van der Waals surface area contributed by atoms with Gasteiger partial charge in [0, 0.05) is 18.4 Å². The van der Waals surface area contributed by atoms with Crippen LogP contribution in [0.15, 0.2) is 42.5 Å². The maximum atomic E-state index is 12.3. The molecule has 7 nitrogen and oxygen atoms in total. The summed E-state index contributed by atoms with van der Waals surface area (Å²) in [7, 11) is 1.60. The number of hydrogen-bond donors (Lipinski definition) is 2. The minimum atomic E-state index is -0.345. The van der Waals surface area contributed by atoms with Gasteiger partial charge in [0.25, 0.3) is 0 Å². The summed E-state index contributed by atoms with van der Waals surface area (Å²) in [6.07, 6.45) is 4.77. The van der Waals surface area contributed by atoms with E-state index in [-0.39, 0.29) is 24.3 Å². The number of carbonyl (C=O) groups excluding carboxylic acids is 2. The average molecular weight is 456 g/mol. The Kier molecular flexibility index (Phi) is 9.57. The topological polar surface area (TPSA) is 94.1 Å². The second kappa shape index (κ2) is 12.8. The number of carbonyl (C=O) groups is 2. The van der Waals surface area contributed by atoms with Crippen molar-refractivity contribution in [1.82, 2.24) is 5.32 Å². The summed E-state index contributed by atoms with van der Waals surface area (Å²) < 4.78 is 16.2. The number of nitrogens with one attached hydrogen (secondary N) is 1. The molecule has 1 aliphatic heterocycles. The van der Waals surface area contributed by atoms with E-state index in [4.69, 9.17) is 14.2 Å². The fraction of sp³-hybridized carbons (Fsp3) is 0.462. The number of unbranched alkanes of at least 4 members (excludes halogenated alkanes) is 3. The number of Topliss-reactive ketones (excluding diaryl/α,β-unsaturated/α-hetero) is 1. The predicted octanol–water partition coefficient (Wildman–Crippen LogP) is 3.71. The number of amides is 1. The Morgan fingerprint density at radius 1 is 0.970 bits per heavy atom. The van der Waals surface area contributed by atoms with E-state index in [1.807, 2.05) is 18.2 Å². The number of ketones is 1. The van der Waals surface area contributed by atoms with Crippen LogP contribution in [0.4, 0.5) is 0 Å². The van der Waals surface area contributed by atoms with Crippen molar-refractivity contribution in [3.8, 4) is 17.2 Å². The zero-order valence-corrected chi connectivity index (χ0v) is 19.2. The lowest BCUT2D eigenvalue weighted by Gasteiger charge is -2.20. The smallest absolute Gasteiger partial charge is 0.220 e. The second-order valence-electron chi connectivity index (χ2n) is 8.20. The predicted molar refractivity (Wildman–Crippen MR) is 125 cm³/mol. The third-order valence-corrected chi connectivity index (χ3v) is 5.64. The van der Waals surface area contributed by atoms with Gasteiger partial charge in [-0.15, -0.1) is 0 Å². The van der Waals surface area contributed by atoms with Crippen LogP contribution in [-0.4, -0.2) is 49.8 Å². The van der Waals surface area contributed by atoms with Crippen LogP contribution >= 0.6 is 0 Å². The van der Waals surface area contributed by atoms with Gasteiger partial charge in [-0.2, -0.15) is 0 Å². The molecule has 1 atom stereocenters. The molecular formula is C26H33NO6. The normalized spacial score (nSPS) is 13.3. The Bertz CT molecular complexity index is 911. The highest BCUT2D eigenvalue weighted by atomic mass is 16.6. The van der Waals surface area contributed by atoms with Crippen molar-refractivity contribution in [2.75, 3.05) is 26.9 Å². The largest absolute Gasteiger partial charge is 0.497 e. The lowest BCUT2D eigenvalue weighted by Crippen LogP contribution is -2.39. The van der Waals surface area contributed by atoms with Crippen molar-refractivity contribution < 1.29 is 28.9 Å². The van der Waals surface area contributed by atoms with E-state index >= 15 is 0 Å². The molecule has 2 N–H and O–H groups in total. The molecule has 0 spiro atoms. The lowest BCUT2D eigenvalue weighted by atomic mass is 10.0. The van der Waals surface area contributed by atoms with Crippen LogP contribution in [0.1, 0.15) is 54.4 Å². The molecule has 0 bridgehead atoms. The first-order chi connectivity index (χ1) is 16.1. The molecule has 0 aliphatic carbocycles. The van der Waals surface area contributed by atoms with Gasteiger partial charge in [-0.25, -0.2) is 0 Å². The summed E-state index contributed by atoms with van der Waals surface area (Å²) in [6.45, 7) is 0.931. The van der Waals surface area contributed by atoms with E-state index in [9.17, 15) is 14.7 Å². The van der Waals surface area contributed by atoms with Gasteiger partial charge in [-0.1, -0.05) is 18.9 Å². The maximum absolute atomic E-state index is 12.3. The molecule has 0 fully saturated rings. The summed E-state index contributed by atoms with van der Waals surface area (Å²) in [5.74, 6) is 2.22. The number of rotatable bonds is 13. The van der Waals surface area contributed by atoms with Crippen molar-refractivity contribution in [2.45, 2.75) is 51.0 Å². The quantitative estimate of drug-likeness (QED) is 0.353. The van der Waals surface area contributed by atoms with Crippen molar-refractivity contribution in [3.05, 3.63) is 53.6 Å². The molecule has 1 amide bonds. The number of aliphatic hydroxyl groups is 1. The van der Waals surface area contributed by atoms with Gasteiger partial charge in [-0.3, -0.25) is 9.59 Å². The van der Waals surface area contributed by atoms with Crippen molar-refractivity contribution in [2.24, 2.45) is 0 Å². The third kappa shape index (κ3) is 7.79. The van der Waals surface area contributed by atoms with Gasteiger partial charge in [-0.05, 0) is 61.2 Å². The van der Waals surface area contributed by atoms with E-state index < -0.39 is 0 Å². The molecule has 0 saturated heterocycles. The van der Waals surface area contributed by atoms with Gasteiger partial charge in [0.15, 0.2) is 17.3 Å². The third-order valence-electron chi connectivity index (χ3n) is 5.64. The Morgan fingerprint density at radius 3 is 2.36 bits per heavy atom. The first kappa shape index (κ1) is 24.6. The van der Waals surface area contributed by atoms with Crippen LogP contribution in [0.2, 0.25) is 0 Å². The minimum Gasteiger partial charge on any atom is -0.497 e. The van der Waals surface area contributed by atoms with E-state index in [2.05, 4.69) is 5.32 Å². The van der Waals surface area contributed by atoms with Crippen molar-refractivity contribution in [3.63, 3.8) is 0 Å². The van der Waals surface area contributed by atoms with Crippen molar-refractivity contribution >= 4 is 11.7 Å². The second-order valence-corrected chi connectivity index (χ2v) is 8.20. The highest BCUT2D eigenvalue weighted by Crippen LogP contribution is 2.31. The van der Waals surface area contributed by atoms with Gasteiger partial charge >= 0.3 is 0 Å². The zero-order chi connectivity index (χ0) is 23.5. The first-order valence-electron chi connectivity index (χ1n) is 11.5. The Hall–Kier alpha value is -3.06. The molecule has 0 radical (unpaired) electrons. The molecule has 178 valence electrons. The molecule has 3 rings (SSSR count). The van der Waals surface area contributed by atoms with E-state index in [1.54, 1.807) is 31.4 Å². The highest BCUT2D eigenvalue weighted by molar-refractivity contribution is 5.96. The van der Waals surface area contributed by atoms with Crippen LogP contribution < -0.4 is 19.5 Å². The molecule has 2 aromatic rings. The average Bonchev–Trinajstić information content (AvgIpc) is 2.85. The number of ether oxygens (including phenoxy) is 3. The molecule has 33 heavy (non-hydrogen) atoms. The number of benzene rings is 2. The van der Waals surface area contributed by atoms with Crippen LogP contribution in [0.3, 0.4) is 0 Å². The Balaban J connectivity index is 1.31. The van der Waals surface area contributed by atoms with Crippen LogP contribution in [0, 0.1) is 0 Å². The number of fused-ring (bicyclic) bond motifs is 1. The highest BCUT2D eigenvalue weighted by Gasteiger charge is 2.16. The molecule has 1 aliphatic rings. The van der Waals surface area contributed by atoms with E-state index in [1.165, 1.54) is 0 Å². The summed E-state index contributed by atoms with van der Waals surface area (Å²) >= 11 is 0. The fourth-order valence-corrected chi connectivity index (χ4v) is 3.81. The fourth-order valence-electron chi connectivity index (χ4n) is 3.81. The molecule has 0 saturated carbocycles. The van der Waals surface area contributed by atoms with Crippen LogP contribution in [-0.2, 0) is 11.2 Å². The van der Waals surface area contributed by atoms with Crippen LogP contribution in [0.5, 0.6) is 17.2 Å². The number of aliphatic hydroxyl groups excluding tert-OH is 1. The molecule has 1 heterocycles. The molecule has 0 unspecified atom stereocenters. The summed E-state index contributed by atoms with van der Waals surface area (Å²) in [5.41, 5.74) is 1.67. The minimum absolute atomic E-state index is 0.0686. The van der Waals surface area contributed by atoms with Gasteiger partial charge < -0.3 is 24.6 Å². The Morgan fingerprint density at radius 2 is 1.67 bits per heavy atom. The molecular weight excluding hydrogens is 422 g/mol. The zero-order valence-electron chi connectivity index (χ0n) is 19.2. The van der Waals surface area contributed by atoms with Crippen molar-refractivity contribution in [1.29, 1.82) is 0 Å². The lowest BCUT2D eigenvalue weighted by molar-refractivity contribution is -0.122. The van der Waals surface area contributed by atoms with Crippen LogP contribution in [0.25, 0.3) is 0 Å². The standard InChI is InChI=1S/C26H33NO6/c1-31-22-11-9-20(10-12-22)23(29)6-4-2-3-5-7-26(30)27-21(18-28)16-19-8-13-24-25(17-19)33-15-14-32-24/h8-13,17,21,28H,2-7,14-16,18H2,1H3,(H,27,30)/t21-/m1/s1. The number of methoxy groups -OCH3 is 1. The van der Waals surface area contributed by atoms with Gasteiger partial charge in [0.2, 0.25) is 5.91 Å². The first-order valence-corrected chi connectivity index (χ1v) is 11.5. The van der Waals surface area contributed by atoms with E-state index in [0.717, 1.165) is 42.7 Å². The number of hydrogen-bond acceptors (Lipinski definition) is 6. The molecule has 7 heteroatoms. The molecule has 0 aromatic heterocycles. The maximum Gasteiger partial charge on any atom is 0.220 e. The Labute approximate surface area is 195 Å². The monoisotopic (exact) mass is 455 g/mol. The summed E-state index contributed by atoms with van der Waals surface area (Å²) in [6, 6.07) is 12.5.